The molecule has 0 aliphatic carbocycles. The van der Waals surface area contributed by atoms with Crippen LogP contribution in [0.1, 0.15) is 16.7 Å². The molecule has 0 amide bonds. The SMILES string of the molecule is Cc1cn(Cc2ccccc2)nc1Oc1ccc(S(=O)(=O)Nc2ncc(Cl)s2)cc1C#N. The van der Waals surface area contributed by atoms with E-state index in [0.29, 0.717) is 16.8 Å². The predicted octanol–water partition coefficient (Wildman–Crippen LogP) is 4.81. The summed E-state index contributed by atoms with van der Waals surface area (Å²) in [5.41, 5.74) is 1.92. The Morgan fingerprint density at radius 2 is 2.03 bits per heavy atom. The van der Waals surface area contributed by atoms with Gasteiger partial charge in [-0.1, -0.05) is 53.3 Å². The van der Waals surface area contributed by atoms with Crippen LogP contribution in [0.25, 0.3) is 0 Å². The van der Waals surface area contributed by atoms with E-state index in [9.17, 15) is 13.7 Å². The fraction of sp³-hybridized carbons (Fsp3) is 0.0952. The molecule has 4 aromatic rings. The molecule has 11 heteroatoms. The molecule has 0 radical (unpaired) electrons. The van der Waals surface area contributed by atoms with Crippen molar-refractivity contribution in [2.45, 2.75) is 18.4 Å². The number of nitrogens with one attached hydrogen (secondary N) is 1. The van der Waals surface area contributed by atoms with Gasteiger partial charge in [0.15, 0.2) is 5.13 Å². The van der Waals surface area contributed by atoms with E-state index >= 15 is 0 Å². The fourth-order valence-electron chi connectivity index (χ4n) is 2.89. The number of hydrogen-bond acceptors (Lipinski definition) is 7. The highest BCUT2D eigenvalue weighted by atomic mass is 35.5. The molecule has 0 atom stereocenters. The van der Waals surface area contributed by atoms with Crippen LogP contribution in [0.5, 0.6) is 11.6 Å². The standard InChI is InChI=1S/C21H16ClN5O3S2/c1-14-12-27(13-15-5-3-2-4-6-15)25-20(14)30-18-8-7-17(9-16(18)10-23)32(28,29)26-21-24-11-19(22)31-21/h2-9,11-12H,13H2,1H3,(H,24,26). The minimum absolute atomic E-state index is 0.0575. The Bertz CT molecular complexity index is 1410. The number of halogens is 1. The lowest BCUT2D eigenvalue weighted by Gasteiger charge is -2.09. The van der Waals surface area contributed by atoms with Gasteiger partial charge in [-0.2, -0.15) is 5.26 Å². The molecule has 0 saturated heterocycles. The van der Waals surface area contributed by atoms with Crippen LogP contribution in [-0.2, 0) is 16.6 Å². The van der Waals surface area contributed by atoms with Gasteiger partial charge >= 0.3 is 0 Å². The Morgan fingerprint density at radius 3 is 2.72 bits per heavy atom. The molecule has 4 rings (SSSR count). The molecule has 0 fully saturated rings. The summed E-state index contributed by atoms with van der Waals surface area (Å²) in [5, 5.41) is 14.1. The molecule has 2 aromatic heterocycles. The van der Waals surface area contributed by atoms with Crippen molar-refractivity contribution in [1.82, 2.24) is 14.8 Å². The third-order valence-electron chi connectivity index (χ3n) is 4.37. The van der Waals surface area contributed by atoms with Crippen molar-refractivity contribution in [3.8, 4) is 17.7 Å². The lowest BCUT2D eigenvalue weighted by molar-refractivity contribution is 0.446. The first-order valence-corrected chi connectivity index (χ1v) is 12.0. The summed E-state index contributed by atoms with van der Waals surface area (Å²) < 4.78 is 35.5. The second kappa shape index (κ2) is 9.00. The molecular formula is C21H16ClN5O3S2. The van der Waals surface area contributed by atoms with Crippen molar-refractivity contribution < 1.29 is 13.2 Å². The molecule has 32 heavy (non-hydrogen) atoms. The summed E-state index contributed by atoms with van der Waals surface area (Å²) in [5.74, 6) is 0.542. The second-order valence-electron chi connectivity index (χ2n) is 6.75. The van der Waals surface area contributed by atoms with Crippen LogP contribution in [0.4, 0.5) is 5.13 Å². The number of benzene rings is 2. The highest BCUT2D eigenvalue weighted by Gasteiger charge is 2.19. The molecule has 1 N–H and O–H groups in total. The van der Waals surface area contributed by atoms with Gasteiger partial charge in [0.05, 0.1) is 23.2 Å². The molecular weight excluding hydrogens is 470 g/mol. The number of sulfonamides is 1. The van der Waals surface area contributed by atoms with Crippen LogP contribution in [0.2, 0.25) is 4.34 Å². The summed E-state index contributed by atoms with van der Waals surface area (Å²) in [6.45, 7) is 2.41. The highest BCUT2D eigenvalue weighted by molar-refractivity contribution is 7.93. The Labute approximate surface area is 193 Å². The van der Waals surface area contributed by atoms with Crippen molar-refractivity contribution in [3.05, 3.63) is 82.0 Å². The summed E-state index contributed by atoms with van der Waals surface area (Å²) in [6.07, 6.45) is 3.19. The van der Waals surface area contributed by atoms with Crippen molar-refractivity contribution in [3.63, 3.8) is 0 Å². The van der Waals surface area contributed by atoms with Gasteiger partial charge in [-0.3, -0.25) is 9.40 Å². The molecule has 0 aliphatic rings. The number of aryl methyl sites for hydroxylation is 1. The topological polar surface area (TPSA) is 110 Å². The number of nitrogens with zero attached hydrogens (tertiary/aromatic N) is 4. The zero-order chi connectivity index (χ0) is 22.7. The van der Waals surface area contributed by atoms with E-state index in [4.69, 9.17) is 16.3 Å². The van der Waals surface area contributed by atoms with Gasteiger partial charge in [0.1, 0.15) is 16.2 Å². The fourth-order valence-corrected chi connectivity index (χ4v) is 4.97. The summed E-state index contributed by atoms with van der Waals surface area (Å²) >= 11 is 6.79. The van der Waals surface area contributed by atoms with Crippen LogP contribution in [-0.4, -0.2) is 23.2 Å². The zero-order valence-electron chi connectivity index (χ0n) is 16.7. The molecule has 2 aromatic carbocycles. The van der Waals surface area contributed by atoms with Crippen LogP contribution in [0.15, 0.2) is 65.8 Å². The third kappa shape index (κ3) is 4.91. The van der Waals surface area contributed by atoms with Crippen LogP contribution in [0, 0.1) is 18.3 Å². The Hall–Kier alpha value is -3.39. The largest absolute Gasteiger partial charge is 0.436 e. The molecule has 8 nitrogen and oxygen atoms in total. The Kier molecular flexibility index (Phi) is 6.14. The van der Waals surface area contributed by atoms with E-state index in [0.717, 1.165) is 22.5 Å². The summed E-state index contributed by atoms with van der Waals surface area (Å²) in [7, 11) is -3.95. The van der Waals surface area contributed by atoms with Crippen LogP contribution in [0.3, 0.4) is 0 Å². The lowest BCUT2D eigenvalue weighted by atomic mass is 10.2. The molecule has 0 bridgehead atoms. The quantitative estimate of drug-likeness (QED) is 0.402. The lowest BCUT2D eigenvalue weighted by Crippen LogP contribution is -2.13. The van der Waals surface area contributed by atoms with Crippen LogP contribution >= 0.6 is 22.9 Å². The minimum Gasteiger partial charge on any atom is -0.436 e. The normalized spacial score (nSPS) is 11.2. The van der Waals surface area contributed by atoms with Gasteiger partial charge in [0.25, 0.3) is 10.0 Å². The Morgan fingerprint density at radius 1 is 1.25 bits per heavy atom. The molecule has 162 valence electrons. The van der Waals surface area contributed by atoms with E-state index in [2.05, 4.69) is 14.8 Å². The molecule has 0 spiro atoms. The van der Waals surface area contributed by atoms with Crippen molar-refractivity contribution in [1.29, 1.82) is 5.26 Å². The van der Waals surface area contributed by atoms with Gasteiger partial charge < -0.3 is 4.74 Å². The van der Waals surface area contributed by atoms with Gasteiger partial charge in [-0.05, 0) is 30.7 Å². The average molecular weight is 486 g/mol. The number of hydrogen-bond donors (Lipinski definition) is 1. The van der Waals surface area contributed by atoms with Crippen molar-refractivity contribution in [2.75, 3.05) is 4.72 Å². The molecule has 0 aliphatic heterocycles. The maximum Gasteiger partial charge on any atom is 0.263 e. The first-order valence-electron chi connectivity index (χ1n) is 9.28. The first-order chi connectivity index (χ1) is 15.3. The Balaban J connectivity index is 1.56. The molecule has 0 unspecified atom stereocenters. The minimum atomic E-state index is -3.95. The maximum absolute atomic E-state index is 12.6. The van der Waals surface area contributed by atoms with Gasteiger partial charge in [-0.25, -0.2) is 13.4 Å². The summed E-state index contributed by atoms with van der Waals surface area (Å²) in [4.78, 5) is 3.78. The number of rotatable bonds is 7. The monoisotopic (exact) mass is 485 g/mol. The smallest absolute Gasteiger partial charge is 0.263 e. The van der Waals surface area contributed by atoms with Gasteiger partial charge in [-0.15, -0.1) is 5.10 Å². The molecule has 0 saturated carbocycles. The number of ether oxygens (including phenoxy) is 1. The number of aromatic nitrogens is 3. The second-order valence-corrected chi connectivity index (χ2v) is 10.1. The highest BCUT2D eigenvalue weighted by Crippen LogP contribution is 2.30. The van der Waals surface area contributed by atoms with Crippen molar-refractivity contribution >= 4 is 38.1 Å². The van der Waals surface area contributed by atoms with Gasteiger partial charge in [0.2, 0.25) is 5.88 Å². The maximum atomic E-state index is 12.6. The number of anilines is 1. The first kappa shape index (κ1) is 21.8. The van der Waals surface area contributed by atoms with E-state index < -0.39 is 10.0 Å². The van der Waals surface area contributed by atoms with Crippen LogP contribution < -0.4 is 9.46 Å². The van der Waals surface area contributed by atoms with Gasteiger partial charge in [0, 0.05) is 11.8 Å². The van der Waals surface area contributed by atoms with E-state index in [1.165, 1.54) is 24.4 Å². The van der Waals surface area contributed by atoms with E-state index in [1.54, 1.807) is 4.68 Å². The number of thiazole rings is 1. The zero-order valence-corrected chi connectivity index (χ0v) is 19.1. The predicted molar refractivity (Wildman–Crippen MR) is 122 cm³/mol. The summed E-state index contributed by atoms with van der Waals surface area (Å²) in [6, 6.07) is 15.8. The van der Waals surface area contributed by atoms with Crippen molar-refractivity contribution in [2.24, 2.45) is 0 Å². The third-order valence-corrected chi connectivity index (χ3v) is 6.87. The molecule has 2 heterocycles. The van der Waals surface area contributed by atoms with E-state index in [-0.39, 0.29) is 21.3 Å². The van der Waals surface area contributed by atoms with E-state index in [1.807, 2.05) is 49.5 Å². The average Bonchev–Trinajstić information content (AvgIpc) is 3.32. The number of nitriles is 1.